The SMILES string of the molecule is CC1(C)C(C(O)C2CCOC3(CCSC3)C2)C1(C)C. The zero-order valence-electron chi connectivity index (χ0n) is 12.7. The van der Waals surface area contributed by atoms with Gasteiger partial charge in [-0.25, -0.2) is 0 Å². The van der Waals surface area contributed by atoms with Crippen molar-refractivity contribution in [1.82, 2.24) is 0 Å². The highest BCUT2D eigenvalue weighted by Gasteiger charge is 2.68. The average molecular weight is 284 g/mol. The third-order valence-electron chi connectivity index (χ3n) is 6.56. The Morgan fingerprint density at radius 2 is 1.89 bits per heavy atom. The maximum atomic E-state index is 10.9. The highest BCUT2D eigenvalue weighted by molar-refractivity contribution is 7.99. The van der Waals surface area contributed by atoms with E-state index in [-0.39, 0.29) is 22.5 Å². The number of rotatable bonds is 2. The highest BCUT2D eigenvalue weighted by atomic mass is 32.2. The molecule has 0 radical (unpaired) electrons. The zero-order chi connectivity index (χ0) is 13.9. The fourth-order valence-corrected chi connectivity index (χ4v) is 5.97. The summed E-state index contributed by atoms with van der Waals surface area (Å²) in [5.41, 5.74) is 0.655. The van der Waals surface area contributed by atoms with Crippen molar-refractivity contribution in [3.05, 3.63) is 0 Å². The second-order valence-corrected chi connectivity index (χ2v) is 9.10. The molecule has 1 N–H and O–H groups in total. The summed E-state index contributed by atoms with van der Waals surface area (Å²) in [6.07, 6.45) is 3.15. The van der Waals surface area contributed by atoms with E-state index in [1.165, 1.54) is 12.2 Å². The minimum atomic E-state index is -0.142. The molecule has 1 saturated carbocycles. The minimum absolute atomic E-state index is 0.0950. The van der Waals surface area contributed by atoms with Crippen LogP contribution in [0.2, 0.25) is 0 Å². The van der Waals surface area contributed by atoms with Crippen molar-refractivity contribution >= 4 is 11.8 Å². The van der Waals surface area contributed by atoms with Crippen molar-refractivity contribution in [2.75, 3.05) is 18.1 Å². The van der Waals surface area contributed by atoms with E-state index < -0.39 is 0 Å². The van der Waals surface area contributed by atoms with Crippen molar-refractivity contribution in [2.45, 2.75) is 58.7 Å². The van der Waals surface area contributed by atoms with Gasteiger partial charge in [0.2, 0.25) is 0 Å². The van der Waals surface area contributed by atoms with Crippen LogP contribution in [-0.4, -0.2) is 34.9 Å². The molecule has 2 heterocycles. The van der Waals surface area contributed by atoms with Crippen LogP contribution in [-0.2, 0) is 4.74 Å². The summed E-state index contributed by atoms with van der Waals surface area (Å²) in [6, 6.07) is 0. The van der Waals surface area contributed by atoms with Crippen LogP contribution in [0.5, 0.6) is 0 Å². The van der Waals surface area contributed by atoms with Gasteiger partial charge in [-0.15, -0.1) is 0 Å². The summed E-state index contributed by atoms with van der Waals surface area (Å²) >= 11 is 2.01. The van der Waals surface area contributed by atoms with Gasteiger partial charge in [0.15, 0.2) is 0 Å². The summed E-state index contributed by atoms with van der Waals surface area (Å²) < 4.78 is 6.08. The van der Waals surface area contributed by atoms with Gasteiger partial charge in [0, 0.05) is 12.4 Å². The van der Waals surface area contributed by atoms with Gasteiger partial charge < -0.3 is 9.84 Å². The highest BCUT2D eigenvalue weighted by Crippen LogP contribution is 2.70. The Kier molecular flexibility index (Phi) is 3.28. The number of aliphatic hydroxyl groups is 1. The van der Waals surface area contributed by atoms with Gasteiger partial charge in [-0.05, 0) is 47.7 Å². The lowest BCUT2D eigenvalue weighted by Gasteiger charge is -2.40. The molecule has 2 nitrogen and oxygen atoms in total. The van der Waals surface area contributed by atoms with Gasteiger partial charge >= 0.3 is 0 Å². The fourth-order valence-electron chi connectivity index (χ4n) is 4.59. The summed E-state index contributed by atoms with van der Waals surface area (Å²) in [5.74, 6) is 3.25. The molecular weight excluding hydrogens is 256 g/mol. The van der Waals surface area contributed by atoms with E-state index >= 15 is 0 Å². The largest absolute Gasteiger partial charge is 0.393 e. The zero-order valence-corrected chi connectivity index (χ0v) is 13.6. The van der Waals surface area contributed by atoms with Crippen LogP contribution in [0.1, 0.15) is 47.0 Å². The molecule has 0 aromatic carbocycles. The second-order valence-electron chi connectivity index (χ2n) is 8.00. The molecule has 3 fully saturated rings. The fraction of sp³-hybridized carbons (Fsp3) is 1.00. The van der Waals surface area contributed by atoms with Crippen LogP contribution in [0.3, 0.4) is 0 Å². The Bertz CT molecular complexity index is 344. The standard InChI is InChI=1S/C16H28O2S/c1-14(2)13(15(14,3)4)12(17)11-5-7-18-16(9-11)6-8-19-10-16/h11-13,17H,5-10H2,1-4H3. The van der Waals surface area contributed by atoms with Gasteiger partial charge in [-0.2, -0.15) is 11.8 Å². The molecule has 3 atom stereocenters. The summed E-state index contributed by atoms with van der Waals surface area (Å²) in [5, 5.41) is 10.9. The van der Waals surface area contributed by atoms with Crippen LogP contribution in [0, 0.1) is 22.7 Å². The topological polar surface area (TPSA) is 29.5 Å². The van der Waals surface area contributed by atoms with Gasteiger partial charge in [-0.1, -0.05) is 27.7 Å². The van der Waals surface area contributed by atoms with Gasteiger partial charge in [-0.3, -0.25) is 0 Å². The van der Waals surface area contributed by atoms with Crippen molar-refractivity contribution in [1.29, 1.82) is 0 Å². The summed E-state index contributed by atoms with van der Waals surface area (Å²) in [4.78, 5) is 0. The summed E-state index contributed by atoms with van der Waals surface area (Å²) in [6.45, 7) is 10.1. The van der Waals surface area contributed by atoms with E-state index in [2.05, 4.69) is 27.7 Å². The summed E-state index contributed by atoms with van der Waals surface area (Å²) in [7, 11) is 0. The number of hydrogen-bond donors (Lipinski definition) is 1. The smallest absolute Gasteiger partial charge is 0.0783 e. The minimum Gasteiger partial charge on any atom is -0.393 e. The van der Waals surface area contributed by atoms with Crippen molar-refractivity contribution in [3.8, 4) is 0 Å². The Morgan fingerprint density at radius 1 is 1.21 bits per heavy atom. The Morgan fingerprint density at radius 3 is 2.42 bits per heavy atom. The molecule has 0 aromatic heterocycles. The Balaban J connectivity index is 1.69. The molecule has 3 rings (SSSR count). The molecule has 110 valence electrons. The molecule has 3 unspecified atom stereocenters. The molecule has 0 amide bonds. The van der Waals surface area contributed by atoms with E-state index in [1.807, 2.05) is 11.8 Å². The molecule has 19 heavy (non-hydrogen) atoms. The maximum Gasteiger partial charge on any atom is 0.0783 e. The lowest BCUT2D eigenvalue weighted by atomic mass is 9.79. The molecule has 2 saturated heterocycles. The van der Waals surface area contributed by atoms with Crippen molar-refractivity contribution in [2.24, 2.45) is 22.7 Å². The lowest BCUT2D eigenvalue weighted by molar-refractivity contribution is -0.106. The van der Waals surface area contributed by atoms with E-state index in [0.29, 0.717) is 11.8 Å². The molecule has 0 aromatic rings. The lowest BCUT2D eigenvalue weighted by Crippen LogP contribution is -2.44. The number of aliphatic hydroxyl groups excluding tert-OH is 1. The molecule has 3 heteroatoms. The molecule has 1 spiro atoms. The first-order valence-electron chi connectivity index (χ1n) is 7.70. The first-order valence-corrected chi connectivity index (χ1v) is 8.85. The second kappa shape index (κ2) is 4.38. The van der Waals surface area contributed by atoms with Crippen LogP contribution in [0.25, 0.3) is 0 Å². The van der Waals surface area contributed by atoms with E-state index in [1.54, 1.807) is 0 Å². The molecule has 0 bridgehead atoms. The maximum absolute atomic E-state index is 10.9. The van der Waals surface area contributed by atoms with Crippen LogP contribution >= 0.6 is 11.8 Å². The Labute approximate surface area is 121 Å². The number of ether oxygens (including phenoxy) is 1. The quantitative estimate of drug-likeness (QED) is 0.843. The number of thioether (sulfide) groups is 1. The Hall–Kier alpha value is 0.270. The molecule has 1 aliphatic carbocycles. The van der Waals surface area contributed by atoms with E-state index in [0.717, 1.165) is 25.2 Å². The van der Waals surface area contributed by atoms with Crippen molar-refractivity contribution < 1.29 is 9.84 Å². The van der Waals surface area contributed by atoms with Crippen molar-refractivity contribution in [3.63, 3.8) is 0 Å². The molecule has 3 aliphatic rings. The van der Waals surface area contributed by atoms with E-state index in [4.69, 9.17) is 4.74 Å². The van der Waals surface area contributed by atoms with Gasteiger partial charge in [0.1, 0.15) is 0 Å². The van der Waals surface area contributed by atoms with Gasteiger partial charge in [0.05, 0.1) is 11.7 Å². The number of hydrogen-bond acceptors (Lipinski definition) is 3. The van der Waals surface area contributed by atoms with E-state index in [9.17, 15) is 5.11 Å². The van der Waals surface area contributed by atoms with Crippen LogP contribution in [0.15, 0.2) is 0 Å². The van der Waals surface area contributed by atoms with Gasteiger partial charge in [0.25, 0.3) is 0 Å². The molecule has 2 aliphatic heterocycles. The monoisotopic (exact) mass is 284 g/mol. The normalized spacial score (nSPS) is 42.5. The first-order chi connectivity index (χ1) is 8.80. The molecular formula is C16H28O2S. The third-order valence-corrected chi connectivity index (χ3v) is 7.78. The predicted molar refractivity (Wildman–Crippen MR) is 80.4 cm³/mol. The van der Waals surface area contributed by atoms with Crippen LogP contribution in [0.4, 0.5) is 0 Å². The van der Waals surface area contributed by atoms with Crippen LogP contribution < -0.4 is 0 Å². The third kappa shape index (κ3) is 2.08. The average Bonchev–Trinajstić information content (AvgIpc) is 2.68. The predicted octanol–water partition coefficient (Wildman–Crippen LogP) is 3.33. The first kappa shape index (κ1) is 14.2.